The van der Waals surface area contributed by atoms with Gasteiger partial charge in [0.15, 0.2) is 0 Å². The van der Waals surface area contributed by atoms with E-state index >= 15 is 0 Å². The fraction of sp³-hybridized carbons (Fsp3) is 0.667. The zero-order chi connectivity index (χ0) is 8.27. The van der Waals surface area contributed by atoms with Crippen molar-refractivity contribution in [3.63, 3.8) is 0 Å². The molecule has 0 spiro atoms. The number of unbranched alkanes of at least 4 members (excludes halogenated alkanes) is 1. The topological polar surface area (TPSA) is 17.8 Å². The molecule has 1 heterocycles. The van der Waals surface area contributed by atoms with Gasteiger partial charge >= 0.3 is 0 Å². The molecule has 1 radical (unpaired) electrons. The van der Waals surface area contributed by atoms with E-state index in [-0.39, 0.29) is 0 Å². The first-order valence-electron chi connectivity index (χ1n) is 4.17. The molecule has 0 aliphatic rings. The minimum Gasteiger partial charge on any atom is -0.263 e. The standard InChI is InChI=1S/C9H15N2/c1-4-5-6-11-7-8(2)9(3)10-11/h4-6H2,1-3H3. The second kappa shape index (κ2) is 3.56. The molecule has 0 fully saturated rings. The van der Waals surface area contributed by atoms with Gasteiger partial charge in [0.1, 0.15) is 0 Å². The Morgan fingerprint density at radius 3 is 2.64 bits per heavy atom. The Kier molecular flexibility index (Phi) is 2.69. The number of aromatic nitrogens is 2. The van der Waals surface area contributed by atoms with Gasteiger partial charge in [0.2, 0.25) is 0 Å². The highest BCUT2D eigenvalue weighted by Crippen LogP contribution is 2.02. The molecule has 0 saturated carbocycles. The van der Waals surface area contributed by atoms with Crippen LogP contribution in [0.15, 0.2) is 0 Å². The van der Waals surface area contributed by atoms with E-state index in [1.165, 1.54) is 18.4 Å². The largest absolute Gasteiger partial charge is 0.263 e. The number of nitrogens with zero attached hydrogens (tertiary/aromatic N) is 2. The molecule has 0 aliphatic heterocycles. The van der Waals surface area contributed by atoms with E-state index in [0.717, 1.165) is 12.2 Å². The summed E-state index contributed by atoms with van der Waals surface area (Å²) in [5.74, 6) is 0. The van der Waals surface area contributed by atoms with Crippen LogP contribution in [-0.2, 0) is 6.54 Å². The summed E-state index contributed by atoms with van der Waals surface area (Å²) < 4.78 is 1.91. The average Bonchev–Trinajstić information content (AvgIpc) is 2.28. The summed E-state index contributed by atoms with van der Waals surface area (Å²) in [6.45, 7) is 7.26. The van der Waals surface area contributed by atoms with Crippen LogP contribution in [0.2, 0.25) is 0 Å². The number of aryl methyl sites for hydroxylation is 3. The van der Waals surface area contributed by atoms with Crippen molar-refractivity contribution in [2.75, 3.05) is 0 Å². The minimum atomic E-state index is 1.01. The van der Waals surface area contributed by atoms with Gasteiger partial charge in [0.05, 0.1) is 11.9 Å². The maximum atomic E-state index is 4.31. The Bertz CT molecular complexity index is 206. The monoisotopic (exact) mass is 151 g/mol. The molecule has 0 atom stereocenters. The summed E-state index contributed by atoms with van der Waals surface area (Å²) in [5.41, 5.74) is 2.27. The van der Waals surface area contributed by atoms with Gasteiger partial charge in [-0.1, -0.05) is 13.3 Å². The summed E-state index contributed by atoms with van der Waals surface area (Å²) in [4.78, 5) is 0. The van der Waals surface area contributed by atoms with Crippen molar-refractivity contribution >= 4 is 0 Å². The molecular formula is C9H15N2. The molecule has 2 nitrogen and oxygen atoms in total. The molecule has 1 aromatic heterocycles. The molecule has 0 bridgehead atoms. The predicted octanol–water partition coefficient (Wildman–Crippen LogP) is 2.10. The molecule has 2 heteroatoms. The predicted molar refractivity (Wildman–Crippen MR) is 45.4 cm³/mol. The van der Waals surface area contributed by atoms with Gasteiger partial charge in [-0.2, -0.15) is 5.10 Å². The fourth-order valence-electron chi connectivity index (χ4n) is 0.969. The third-order valence-corrected chi connectivity index (χ3v) is 1.83. The maximum Gasteiger partial charge on any atom is 0.0898 e. The van der Waals surface area contributed by atoms with Gasteiger partial charge in [-0.15, -0.1) is 0 Å². The smallest absolute Gasteiger partial charge is 0.0898 e. The lowest BCUT2D eigenvalue weighted by molar-refractivity contribution is 0.565. The van der Waals surface area contributed by atoms with Crippen LogP contribution in [0.5, 0.6) is 0 Å². The van der Waals surface area contributed by atoms with E-state index in [0.29, 0.717) is 0 Å². The van der Waals surface area contributed by atoms with Gasteiger partial charge in [0.25, 0.3) is 0 Å². The van der Waals surface area contributed by atoms with E-state index in [2.05, 4.69) is 18.2 Å². The highest BCUT2D eigenvalue weighted by atomic mass is 15.3. The third-order valence-electron chi connectivity index (χ3n) is 1.83. The van der Waals surface area contributed by atoms with Gasteiger partial charge in [0, 0.05) is 6.54 Å². The van der Waals surface area contributed by atoms with Crippen molar-refractivity contribution in [1.29, 1.82) is 0 Å². The minimum absolute atomic E-state index is 1.01. The molecule has 0 amide bonds. The zero-order valence-electron chi connectivity index (χ0n) is 7.52. The lowest BCUT2D eigenvalue weighted by Crippen LogP contribution is -1.98. The molecule has 0 saturated heterocycles. The molecule has 0 N–H and O–H groups in total. The third kappa shape index (κ3) is 2.07. The Morgan fingerprint density at radius 1 is 1.45 bits per heavy atom. The molecule has 1 aromatic rings. The average molecular weight is 151 g/mol. The first-order chi connectivity index (χ1) is 5.24. The summed E-state index contributed by atoms with van der Waals surface area (Å²) in [5, 5.41) is 4.31. The molecule has 11 heavy (non-hydrogen) atoms. The molecule has 61 valence electrons. The first kappa shape index (κ1) is 8.31. The Morgan fingerprint density at radius 2 is 2.18 bits per heavy atom. The van der Waals surface area contributed by atoms with Gasteiger partial charge < -0.3 is 0 Å². The van der Waals surface area contributed by atoms with Crippen molar-refractivity contribution in [3.8, 4) is 0 Å². The van der Waals surface area contributed by atoms with E-state index < -0.39 is 0 Å². The maximum absolute atomic E-state index is 4.31. The Hall–Kier alpha value is -0.790. The molecular weight excluding hydrogens is 136 g/mol. The van der Waals surface area contributed by atoms with Crippen LogP contribution in [0, 0.1) is 20.0 Å². The van der Waals surface area contributed by atoms with Crippen molar-refractivity contribution in [1.82, 2.24) is 9.78 Å². The number of hydrogen-bond acceptors (Lipinski definition) is 1. The quantitative estimate of drug-likeness (QED) is 0.647. The second-order valence-corrected chi connectivity index (χ2v) is 2.90. The summed E-state index contributed by atoms with van der Waals surface area (Å²) in [7, 11) is 0. The summed E-state index contributed by atoms with van der Waals surface area (Å²) in [6, 6.07) is 0. The van der Waals surface area contributed by atoms with Crippen molar-refractivity contribution in [2.45, 2.75) is 40.2 Å². The van der Waals surface area contributed by atoms with E-state index in [9.17, 15) is 0 Å². The van der Waals surface area contributed by atoms with E-state index in [4.69, 9.17) is 0 Å². The SMILES string of the molecule is CCCCn1[c]c(C)c(C)n1. The molecule has 0 unspecified atom stereocenters. The van der Waals surface area contributed by atoms with Crippen molar-refractivity contribution in [2.24, 2.45) is 0 Å². The van der Waals surface area contributed by atoms with E-state index in [1.807, 2.05) is 18.5 Å². The lowest BCUT2D eigenvalue weighted by Gasteiger charge is -1.95. The van der Waals surface area contributed by atoms with Gasteiger partial charge in [-0.05, 0) is 25.8 Å². The van der Waals surface area contributed by atoms with E-state index in [1.54, 1.807) is 0 Å². The van der Waals surface area contributed by atoms with Crippen molar-refractivity contribution in [3.05, 3.63) is 17.5 Å². The zero-order valence-corrected chi connectivity index (χ0v) is 7.52. The first-order valence-corrected chi connectivity index (χ1v) is 4.17. The number of rotatable bonds is 3. The van der Waals surface area contributed by atoms with Crippen LogP contribution in [0.1, 0.15) is 31.0 Å². The van der Waals surface area contributed by atoms with Crippen LogP contribution in [0.25, 0.3) is 0 Å². The van der Waals surface area contributed by atoms with Crippen LogP contribution in [-0.4, -0.2) is 9.78 Å². The van der Waals surface area contributed by atoms with Crippen molar-refractivity contribution < 1.29 is 0 Å². The lowest BCUT2D eigenvalue weighted by atomic mass is 10.3. The summed E-state index contributed by atoms with van der Waals surface area (Å²) in [6.07, 6.45) is 5.59. The molecule has 0 aliphatic carbocycles. The summed E-state index contributed by atoms with van der Waals surface area (Å²) >= 11 is 0. The highest BCUT2D eigenvalue weighted by Gasteiger charge is 1.98. The Balaban J connectivity index is 2.58. The molecule has 0 aromatic carbocycles. The fourth-order valence-corrected chi connectivity index (χ4v) is 0.969. The second-order valence-electron chi connectivity index (χ2n) is 2.90. The normalized spacial score (nSPS) is 10.5. The van der Waals surface area contributed by atoms with Crippen LogP contribution in [0.3, 0.4) is 0 Å². The van der Waals surface area contributed by atoms with Crippen LogP contribution in [0.4, 0.5) is 0 Å². The van der Waals surface area contributed by atoms with Gasteiger partial charge in [-0.3, -0.25) is 4.68 Å². The number of hydrogen-bond donors (Lipinski definition) is 0. The van der Waals surface area contributed by atoms with Gasteiger partial charge in [-0.25, -0.2) is 0 Å². The molecule has 1 rings (SSSR count). The Labute approximate surface area is 68.2 Å². The highest BCUT2D eigenvalue weighted by molar-refractivity contribution is 5.10. The van der Waals surface area contributed by atoms with Crippen LogP contribution >= 0.6 is 0 Å². The van der Waals surface area contributed by atoms with Crippen LogP contribution < -0.4 is 0 Å².